The molecule has 9 heteroatoms. The van der Waals surface area contributed by atoms with E-state index in [0.717, 1.165) is 0 Å². The smallest absolute Gasteiger partial charge is 0.347 e. The molecule has 0 spiro atoms. The van der Waals surface area contributed by atoms with Crippen LogP contribution >= 0.6 is 0 Å². The average molecular weight is 327 g/mol. The monoisotopic (exact) mass is 327 g/mol. The summed E-state index contributed by atoms with van der Waals surface area (Å²) >= 11 is 0. The van der Waals surface area contributed by atoms with Crippen LogP contribution in [0.3, 0.4) is 0 Å². The van der Waals surface area contributed by atoms with Crippen LogP contribution in [0.25, 0.3) is 0 Å². The Hall–Kier alpha value is -2.39. The number of aliphatic imine (C=N–C) groups is 2. The highest BCUT2D eigenvalue weighted by Gasteiger charge is 2.19. The number of hydrogen-bond donors (Lipinski definition) is 3. The maximum Gasteiger partial charge on any atom is 0.347 e. The second-order valence-electron chi connectivity index (χ2n) is 4.67. The number of ether oxygens (including phenoxy) is 1. The van der Waals surface area contributed by atoms with Gasteiger partial charge >= 0.3 is 12.6 Å². The van der Waals surface area contributed by atoms with Crippen LogP contribution in [-0.4, -0.2) is 47.8 Å². The van der Waals surface area contributed by atoms with Gasteiger partial charge in [0, 0.05) is 18.3 Å². The molecular formula is C14H15F2N3O4. The van der Waals surface area contributed by atoms with Gasteiger partial charge < -0.3 is 15.5 Å². The predicted molar refractivity (Wildman–Crippen MR) is 78.9 cm³/mol. The maximum absolute atomic E-state index is 12.2. The number of aliphatic hydroxyl groups is 1. The van der Waals surface area contributed by atoms with Crippen molar-refractivity contribution in [2.75, 3.05) is 11.9 Å². The van der Waals surface area contributed by atoms with Gasteiger partial charge in [-0.1, -0.05) is 12.1 Å². The van der Waals surface area contributed by atoms with Crippen LogP contribution in [0.4, 0.5) is 14.5 Å². The van der Waals surface area contributed by atoms with Crippen LogP contribution in [0.1, 0.15) is 17.9 Å². The highest BCUT2D eigenvalue weighted by atomic mass is 19.3. The van der Waals surface area contributed by atoms with Crippen molar-refractivity contribution in [3.8, 4) is 0 Å². The maximum atomic E-state index is 12.2. The number of carbonyl (C=O) groups is 1. The van der Waals surface area contributed by atoms with E-state index in [1.807, 2.05) is 0 Å². The number of hydrogen-bond acceptors (Lipinski definition) is 6. The van der Waals surface area contributed by atoms with Gasteiger partial charge in [0.15, 0.2) is 6.23 Å². The molecule has 0 aliphatic carbocycles. The number of rotatable bonds is 6. The number of guanidine groups is 1. The van der Waals surface area contributed by atoms with Crippen LogP contribution in [0.2, 0.25) is 0 Å². The molecule has 124 valence electrons. The highest BCUT2D eigenvalue weighted by Crippen LogP contribution is 2.19. The Morgan fingerprint density at radius 3 is 2.65 bits per heavy atom. The minimum Gasteiger partial charge on any atom is -0.481 e. The summed E-state index contributed by atoms with van der Waals surface area (Å²) in [7, 11) is 0. The fraction of sp³-hybridized carbons (Fsp3) is 0.357. The number of aliphatic carboxylic acids is 1. The number of halogens is 2. The minimum atomic E-state index is -2.91. The molecule has 0 radical (unpaired) electrons. The second-order valence-corrected chi connectivity index (χ2v) is 4.67. The quantitative estimate of drug-likeness (QED) is 0.737. The lowest BCUT2D eigenvalue weighted by Crippen LogP contribution is -2.23. The lowest BCUT2D eigenvalue weighted by molar-refractivity contribution is -0.158. The first-order chi connectivity index (χ1) is 11.0. The molecule has 2 rings (SSSR count). The van der Waals surface area contributed by atoms with Crippen LogP contribution in [0, 0.1) is 0 Å². The van der Waals surface area contributed by atoms with Gasteiger partial charge in [0.05, 0.1) is 6.61 Å². The molecule has 0 saturated carbocycles. The van der Waals surface area contributed by atoms with Crippen LogP contribution in [-0.2, 0) is 9.53 Å². The largest absolute Gasteiger partial charge is 0.481 e. The summed E-state index contributed by atoms with van der Waals surface area (Å²) in [5.74, 6) is -2.01. The number of nitrogens with zero attached hydrogens (tertiary/aromatic N) is 2. The molecule has 1 unspecified atom stereocenters. The summed E-state index contributed by atoms with van der Waals surface area (Å²) in [6.45, 7) is -3.42. The Morgan fingerprint density at radius 2 is 2.09 bits per heavy atom. The molecule has 0 bridgehead atoms. The lowest BCUT2D eigenvalue weighted by atomic mass is 10.00. The van der Waals surface area contributed by atoms with Gasteiger partial charge in [-0.15, -0.1) is 0 Å². The number of carboxylic acid groups (broad SMARTS) is 1. The minimum absolute atomic E-state index is 0.117. The number of carboxylic acids is 1. The van der Waals surface area contributed by atoms with Crippen molar-refractivity contribution in [3.63, 3.8) is 0 Å². The zero-order valence-corrected chi connectivity index (χ0v) is 11.9. The molecule has 2 atom stereocenters. The first-order valence-electron chi connectivity index (χ1n) is 6.74. The van der Waals surface area contributed by atoms with Gasteiger partial charge in [-0.25, -0.2) is 9.98 Å². The molecule has 1 aromatic rings. The topological polar surface area (TPSA) is 104 Å². The zero-order chi connectivity index (χ0) is 16.8. The lowest BCUT2D eigenvalue weighted by Gasteiger charge is -2.16. The third-order valence-corrected chi connectivity index (χ3v) is 3.10. The number of benzene rings is 1. The first kappa shape index (κ1) is 17.0. The van der Waals surface area contributed by atoms with Gasteiger partial charge in [0.1, 0.15) is 5.92 Å². The number of aliphatic hydroxyl groups excluding tert-OH is 1. The Labute approximate surface area is 130 Å². The van der Waals surface area contributed by atoms with Crippen molar-refractivity contribution in [2.45, 2.75) is 25.2 Å². The summed E-state index contributed by atoms with van der Waals surface area (Å²) in [5, 5.41) is 20.9. The SMILES string of the molecule is O=C(O)[C@H](CO)c1ccc(NC2=NC(OC(F)F)CC=N2)cc1. The van der Waals surface area contributed by atoms with Crippen molar-refractivity contribution < 1.29 is 28.5 Å². The van der Waals surface area contributed by atoms with Crippen molar-refractivity contribution in [2.24, 2.45) is 9.98 Å². The van der Waals surface area contributed by atoms with Gasteiger partial charge in [0.2, 0.25) is 5.96 Å². The molecule has 1 aromatic carbocycles. The second kappa shape index (κ2) is 7.75. The Balaban J connectivity index is 2.04. The van der Waals surface area contributed by atoms with E-state index in [4.69, 9.17) is 10.2 Å². The standard InChI is InChI=1S/C14H15F2N3O4/c15-13(16)23-11-5-6-17-14(19-11)18-9-3-1-8(2-4-9)10(7-20)12(21)22/h1-4,6,10-11,13,20H,5,7H2,(H,18,19)(H,21,22)/t10-,11?/m1/s1. The van der Waals surface area contributed by atoms with E-state index < -0.39 is 31.3 Å². The first-order valence-corrected chi connectivity index (χ1v) is 6.74. The molecule has 0 saturated heterocycles. The summed E-state index contributed by atoms with van der Waals surface area (Å²) < 4.78 is 28.6. The van der Waals surface area contributed by atoms with Crippen LogP contribution < -0.4 is 5.32 Å². The molecular weight excluding hydrogens is 312 g/mol. The molecule has 1 aliphatic heterocycles. The fourth-order valence-electron chi connectivity index (χ4n) is 1.97. The summed E-state index contributed by atoms with van der Waals surface area (Å²) in [5.41, 5.74) is 0.989. The van der Waals surface area contributed by atoms with E-state index in [9.17, 15) is 13.6 Å². The Kier molecular flexibility index (Phi) is 5.72. The fourth-order valence-corrected chi connectivity index (χ4v) is 1.97. The van der Waals surface area contributed by atoms with E-state index in [0.29, 0.717) is 11.3 Å². The van der Waals surface area contributed by atoms with Crippen molar-refractivity contribution in [1.29, 1.82) is 0 Å². The number of anilines is 1. The van der Waals surface area contributed by atoms with Crippen molar-refractivity contribution in [3.05, 3.63) is 29.8 Å². The molecule has 0 amide bonds. The zero-order valence-electron chi connectivity index (χ0n) is 11.9. The molecule has 23 heavy (non-hydrogen) atoms. The summed E-state index contributed by atoms with van der Waals surface area (Å²) in [6, 6.07) is 6.24. The molecule has 0 fully saturated rings. The molecule has 0 aromatic heterocycles. The van der Waals surface area contributed by atoms with Gasteiger partial charge in [-0.3, -0.25) is 9.53 Å². The van der Waals surface area contributed by atoms with E-state index in [-0.39, 0.29) is 12.4 Å². The summed E-state index contributed by atoms with van der Waals surface area (Å²) in [4.78, 5) is 18.8. The molecule has 1 heterocycles. The third-order valence-electron chi connectivity index (χ3n) is 3.10. The predicted octanol–water partition coefficient (Wildman–Crippen LogP) is 1.65. The van der Waals surface area contributed by atoms with Gasteiger partial charge in [0.25, 0.3) is 0 Å². The van der Waals surface area contributed by atoms with Crippen LogP contribution in [0.15, 0.2) is 34.3 Å². The van der Waals surface area contributed by atoms with Crippen LogP contribution in [0.5, 0.6) is 0 Å². The Morgan fingerprint density at radius 1 is 1.39 bits per heavy atom. The van der Waals surface area contributed by atoms with Gasteiger partial charge in [-0.2, -0.15) is 8.78 Å². The Bertz CT molecular complexity index is 605. The molecule has 3 N–H and O–H groups in total. The number of alkyl halides is 2. The van der Waals surface area contributed by atoms with E-state index in [1.165, 1.54) is 18.3 Å². The third kappa shape index (κ3) is 4.80. The number of nitrogens with one attached hydrogen (secondary N) is 1. The van der Waals surface area contributed by atoms with E-state index in [1.54, 1.807) is 12.1 Å². The normalized spacial score (nSPS) is 18.6. The van der Waals surface area contributed by atoms with Gasteiger partial charge in [-0.05, 0) is 17.7 Å². The van der Waals surface area contributed by atoms with Crippen molar-refractivity contribution in [1.82, 2.24) is 0 Å². The average Bonchev–Trinajstić information content (AvgIpc) is 2.49. The van der Waals surface area contributed by atoms with E-state index in [2.05, 4.69) is 20.0 Å². The molecule has 1 aliphatic rings. The van der Waals surface area contributed by atoms with Crippen molar-refractivity contribution >= 4 is 23.8 Å². The van der Waals surface area contributed by atoms with E-state index >= 15 is 0 Å². The molecule has 7 nitrogen and oxygen atoms in total. The highest BCUT2D eigenvalue weighted by molar-refractivity contribution is 5.99. The summed E-state index contributed by atoms with van der Waals surface area (Å²) in [6.07, 6.45) is 0.578.